The number of aromatic nitrogens is 1. The Balaban J connectivity index is 2.06. The van der Waals surface area contributed by atoms with Crippen LogP contribution in [0.5, 0.6) is 0 Å². The van der Waals surface area contributed by atoms with Gasteiger partial charge in [0.2, 0.25) is 5.78 Å². The summed E-state index contributed by atoms with van der Waals surface area (Å²) >= 11 is 0. The third kappa shape index (κ3) is 1.53. The van der Waals surface area contributed by atoms with Crippen molar-refractivity contribution in [2.45, 2.75) is 0 Å². The van der Waals surface area contributed by atoms with E-state index in [0.29, 0.717) is 16.7 Å². The second-order valence-electron chi connectivity index (χ2n) is 5.90. The number of pyridine rings is 1. The van der Waals surface area contributed by atoms with E-state index in [9.17, 15) is 9.59 Å². The lowest BCUT2D eigenvalue weighted by Gasteiger charge is -2.20. The van der Waals surface area contributed by atoms with Gasteiger partial charge in [0, 0.05) is 17.3 Å². The Morgan fingerprint density at radius 3 is 1.75 bits per heavy atom. The lowest BCUT2D eigenvalue weighted by atomic mass is 9.80. The van der Waals surface area contributed by atoms with Gasteiger partial charge in [-0.25, -0.2) is 0 Å². The van der Waals surface area contributed by atoms with Crippen molar-refractivity contribution in [1.82, 2.24) is 4.98 Å². The maximum absolute atomic E-state index is 13.1. The molecule has 0 N–H and O–H groups in total. The fourth-order valence-corrected chi connectivity index (χ4v) is 3.64. The summed E-state index contributed by atoms with van der Waals surface area (Å²) in [6.07, 6.45) is 1.55. The van der Waals surface area contributed by atoms with Crippen molar-refractivity contribution in [3.05, 3.63) is 89.2 Å². The largest absolute Gasteiger partial charge is 0.288 e. The van der Waals surface area contributed by atoms with Gasteiger partial charge in [-0.15, -0.1) is 0 Å². The number of carbonyl (C=O) groups excluding carboxylic acids is 2. The molecule has 0 amide bonds. The van der Waals surface area contributed by atoms with Crippen molar-refractivity contribution >= 4 is 33.1 Å². The minimum absolute atomic E-state index is 0.130. The van der Waals surface area contributed by atoms with Gasteiger partial charge < -0.3 is 0 Å². The van der Waals surface area contributed by atoms with Gasteiger partial charge >= 0.3 is 0 Å². The molecule has 112 valence electrons. The Bertz CT molecular complexity index is 1100. The second-order valence-corrected chi connectivity index (χ2v) is 5.90. The second kappa shape index (κ2) is 4.59. The molecule has 0 radical (unpaired) electrons. The van der Waals surface area contributed by atoms with Crippen LogP contribution in [0.15, 0.2) is 66.9 Å². The van der Waals surface area contributed by atoms with E-state index in [0.717, 1.165) is 21.5 Å². The van der Waals surface area contributed by atoms with Gasteiger partial charge in [0.05, 0.1) is 5.56 Å². The Labute approximate surface area is 137 Å². The SMILES string of the molecule is O=C1c2cccnc2C(=O)c2c1c1ccccc1c1ccccc21. The molecule has 0 saturated heterocycles. The van der Waals surface area contributed by atoms with Crippen LogP contribution in [-0.4, -0.2) is 16.6 Å². The fourth-order valence-electron chi connectivity index (χ4n) is 3.64. The molecule has 24 heavy (non-hydrogen) atoms. The minimum Gasteiger partial charge on any atom is -0.288 e. The van der Waals surface area contributed by atoms with Crippen LogP contribution in [0.3, 0.4) is 0 Å². The molecule has 3 nitrogen and oxygen atoms in total. The zero-order chi connectivity index (χ0) is 16.3. The number of hydrogen-bond acceptors (Lipinski definition) is 3. The zero-order valence-corrected chi connectivity index (χ0v) is 12.6. The van der Waals surface area contributed by atoms with Crippen molar-refractivity contribution in [3.63, 3.8) is 0 Å². The lowest BCUT2D eigenvalue weighted by Crippen LogP contribution is -2.23. The van der Waals surface area contributed by atoms with Gasteiger partial charge in [-0.05, 0) is 33.7 Å². The average Bonchev–Trinajstić information content (AvgIpc) is 2.65. The molecular formula is C21H11NO2. The van der Waals surface area contributed by atoms with Crippen molar-refractivity contribution in [3.8, 4) is 0 Å². The molecule has 1 aliphatic carbocycles. The standard InChI is InChI=1S/C21H11NO2/c23-20-16-10-5-11-22-19(16)21(24)18-15-9-4-2-7-13(15)12-6-1-3-8-14(12)17(18)20/h1-11H. The molecule has 0 spiro atoms. The summed E-state index contributed by atoms with van der Waals surface area (Å²) in [5, 5.41) is 3.59. The molecule has 0 aliphatic heterocycles. The number of fused-ring (bicyclic) bond motifs is 7. The van der Waals surface area contributed by atoms with Gasteiger partial charge in [-0.2, -0.15) is 0 Å². The first-order valence-corrected chi connectivity index (χ1v) is 7.75. The molecule has 0 saturated carbocycles. The first-order valence-electron chi connectivity index (χ1n) is 7.75. The third-order valence-electron chi connectivity index (χ3n) is 4.65. The molecule has 0 bridgehead atoms. The number of carbonyl (C=O) groups is 2. The molecule has 1 aromatic heterocycles. The lowest BCUT2D eigenvalue weighted by molar-refractivity contribution is 0.0978. The topological polar surface area (TPSA) is 47.0 Å². The molecule has 0 fully saturated rings. The molecule has 0 atom stereocenters. The number of ketones is 2. The molecule has 4 aromatic rings. The quantitative estimate of drug-likeness (QED) is 0.403. The average molecular weight is 309 g/mol. The molecule has 0 unspecified atom stereocenters. The highest BCUT2D eigenvalue weighted by Gasteiger charge is 2.33. The number of nitrogens with zero attached hydrogens (tertiary/aromatic N) is 1. The Morgan fingerprint density at radius 1 is 0.583 bits per heavy atom. The summed E-state index contributed by atoms with van der Waals surface area (Å²) in [4.78, 5) is 30.4. The van der Waals surface area contributed by atoms with E-state index < -0.39 is 0 Å². The fraction of sp³-hybridized carbons (Fsp3) is 0. The van der Waals surface area contributed by atoms with Crippen LogP contribution in [0, 0.1) is 0 Å². The maximum atomic E-state index is 13.1. The van der Waals surface area contributed by atoms with Crippen LogP contribution in [0.4, 0.5) is 0 Å². The van der Waals surface area contributed by atoms with Crippen LogP contribution in [0.25, 0.3) is 21.5 Å². The summed E-state index contributed by atoms with van der Waals surface area (Å²) in [5.41, 5.74) is 1.60. The van der Waals surface area contributed by atoms with Gasteiger partial charge in [0.25, 0.3) is 0 Å². The molecule has 5 rings (SSSR count). The summed E-state index contributed by atoms with van der Waals surface area (Å²) in [7, 11) is 0. The first-order chi connectivity index (χ1) is 11.8. The molecule has 1 aliphatic rings. The minimum atomic E-state index is -0.179. The van der Waals surface area contributed by atoms with E-state index in [4.69, 9.17) is 0 Å². The summed E-state index contributed by atoms with van der Waals surface area (Å²) in [6.45, 7) is 0. The van der Waals surface area contributed by atoms with E-state index in [1.54, 1.807) is 18.3 Å². The van der Waals surface area contributed by atoms with Crippen LogP contribution >= 0.6 is 0 Å². The monoisotopic (exact) mass is 309 g/mol. The van der Waals surface area contributed by atoms with Gasteiger partial charge in [0.1, 0.15) is 5.69 Å². The Hall–Kier alpha value is -3.33. The van der Waals surface area contributed by atoms with Gasteiger partial charge in [-0.1, -0.05) is 48.5 Å². The van der Waals surface area contributed by atoms with Crippen molar-refractivity contribution < 1.29 is 9.59 Å². The van der Waals surface area contributed by atoms with Crippen LogP contribution in [-0.2, 0) is 0 Å². The van der Waals surface area contributed by atoms with E-state index >= 15 is 0 Å². The van der Waals surface area contributed by atoms with Crippen LogP contribution < -0.4 is 0 Å². The Morgan fingerprint density at radius 2 is 1.12 bits per heavy atom. The number of benzene rings is 3. The van der Waals surface area contributed by atoms with Gasteiger partial charge in [0.15, 0.2) is 5.78 Å². The molecular weight excluding hydrogens is 298 g/mol. The predicted molar refractivity (Wildman–Crippen MR) is 92.6 cm³/mol. The van der Waals surface area contributed by atoms with E-state index in [2.05, 4.69) is 4.98 Å². The first kappa shape index (κ1) is 13.1. The normalized spacial score (nSPS) is 13.2. The highest BCUT2D eigenvalue weighted by molar-refractivity contribution is 6.36. The highest BCUT2D eigenvalue weighted by Crippen LogP contribution is 2.38. The smallest absolute Gasteiger partial charge is 0.213 e. The third-order valence-corrected chi connectivity index (χ3v) is 4.65. The summed E-state index contributed by atoms with van der Waals surface area (Å²) in [5.74, 6) is -0.309. The zero-order valence-electron chi connectivity index (χ0n) is 12.6. The number of rotatable bonds is 0. The van der Waals surface area contributed by atoms with Crippen molar-refractivity contribution in [1.29, 1.82) is 0 Å². The van der Waals surface area contributed by atoms with Crippen molar-refractivity contribution in [2.75, 3.05) is 0 Å². The van der Waals surface area contributed by atoms with E-state index in [-0.39, 0.29) is 17.3 Å². The van der Waals surface area contributed by atoms with Crippen molar-refractivity contribution in [2.24, 2.45) is 0 Å². The molecule has 3 heteroatoms. The summed E-state index contributed by atoms with van der Waals surface area (Å²) < 4.78 is 0. The van der Waals surface area contributed by atoms with Crippen LogP contribution in [0.2, 0.25) is 0 Å². The van der Waals surface area contributed by atoms with Gasteiger partial charge in [-0.3, -0.25) is 14.6 Å². The van der Waals surface area contributed by atoms with E-state index in [1.165, 1.54) is 0 Å². The number of hydrogen-bond donors (Lipinski definition) is 0. The molecule has 1 heterocycles. The van der Waals surface area contributed by atoms with Crippen LogP contribution in [0.1, 0.15) is 32.0 Å². The highest BCUT2D eigenvalue weighted by atomic mass is 16.1. The maximum Gasteiger partial charge on any atom is 0.213 e. The van der Waals surface area contributed by atoms with E-state index in [1.807, 2.05) is 48.5 Å². The predicted octanol–water partition coefficient (Wildman–Crippen LogP) is 4.16. The molecule has 3 aromatic carbocycles. The Kier molecular flexibility index (Phi) is 2.51. The summed E-state index contributed by atoms with van der Waals surface area (Å²) in [6, 6.07) is 18.9.